The lowest BCUT2D eigenvalue weighted by Gasteiger charge is -2.10. The van der Waals surface area contributed by atoms with Gasteiger partial charge in [0.15, 0.2) is 0 Å². The first-order valence-corrected chi connectivity index (χ1v) is 4.96. The summed E-state index contributed by atoms with van der Waals surface area (Å²) >= 11 is 6.98. The summed E-state index contributed by atoms with van der Waals surface area (Å²) in [6.07, 6.45) is 2.67. The first-order chi connectivity index (χ1) is 5.26. The number of carbonyl (C=O) groups is 1. The van der Waals surface area contributed by atoms with E-state index < -0.39 is 0 Å². The summed E-state index contributed by atoms with van der Waals surface area (Å²) in [6, 6.07) is -0.380. The summed E-state index contributed by atoms with van der Waals surface area (Å²) < 4.78 is 4.51. The quantitative estimate of drug-likeness (QED) is 0.528. The van der Waals surface area contributed by atoms with Gasteiger partial charge >= 0.3 is 5.97 Å². The summed E-state index contributed by atoms with van der Waals surface area (Å²) in [5.41, 5.74) is 0. The zero-order valence-corrected chi connectivity index (χ0v) is 8.17. The Labute approximate surface area is 75.9 Å². The van der Waals surface area contributed by atoms with Crippen molar-refractivity contribution in [3.63, 3.8) is 0 Å². The number of carbonyl (C=O) groups excluding carboxylic acids is 1. The van der Waals surface area contributed by atoms with Crippen LogP contribution >= 0.6 is 23.5 Å². The number of esters is 1. The van der Waals surface area contributed by atoms with Crippen LogP contribution in [0.25, 0.3) is 0 Å². The molecular weight excluding hydrogens is 186 g/mol. The van der Waals surface area contributed by atoms with E-state index in [4.69, 9.17) is 11.8 Å². The molecule has 0 fully saturated rings. The van der Waals surface area contributed by atoms with Crippen LogP contribution in [0.3, 0.4) is 0 Å². The van der Waals surface area contributed by atoms with Crippen molar-refractivity contribution in [2.45, 2.75) is 12.5 Å². The molecule has 0 saturated carbocycles. The second-order valence-corrected chi connectivity index (χ2v) is 3.17. The molecule has 0 spiro atoms. The summed E-state index contributed by atoms with van der Waals surface area (Å²) in [7, 11) is 1.35. The molecule has 0 rings (SSSR count). The van der Waals surface area contributed by atoms with E-state index in [1.807, 2.05) is 6.26 Å². The molecule has 5 heteroatoms. The third kappa shape index (κ3) is 4.50. The maximum Gasteiger partial charge on any atom is 0.324 e. The predicted octanol–water partition coefficient (Wildman–Crippen LogP) is 1.02. The molecule has 0 radical (unpaired) electrons. The molecule has 3 nitrogen and oxygen atoms in total. The molecule has 0 aromatic carbocycles. The van der Waals surface area contributed by atoms with Gasteiger partial charge in [0.1, 0.15) is 6.04 Å². The molecule has 11 heavy (non-hydrogen) atoms. The Morgan fingerprint density at radius 3 is 2.82 bits per heavy atom. The van der Waals surface area contributed by atoms with Gasteiger partial charge in [-0.25, -0.2) is 4.84 Å². The average Bonchev–Trinajstić information content (AvgIpc) is 2.05. The molecule has 1 atom stereocenters. The first kappa shape index (κ1) is 11.1. The standard InChI is InChI=1S/C6H12ClNO2S/c1-10-6(9)5(8-7)3-4-11-2/h5,8H,3-4H2,1-2H3. The molecule has 1 unspecified atom stereocenters. The van der Waals surface area contributed by atoms with Crippen LogP contribution in [0.5, 0.6) is 0 Å². The molecule has 0 aromatic heterocycles. The SMILES string of the molecule is COC(=O)C(CCSC)NCl. The van der Waals surface area contributed by atoms with Gasteiger partial charge in [-0.1, -0.05) is 0 Å². The Morgan fingerprint density at radius 1 is 1.82 bits per heavy atom. The van der Waals surface area contributed by atoms with Crippen molar-refractivity contribution >= 4 is 29.5 Å². The lowest BCUT2D eigenvalue weighted by molar-refractivity contribution is -0.142. The molecule has 0 bridgehead atoms. The third-order valence-corrected chi connectivity index (χ3v) is 2.14. The molecule has 0 aliphatic carbocycles. The lowest BCUT2D eigenvalue weighted by Crippen LogP contribution is -2.32. The Morgan fingerprint density at radius 2 is 2.45 bits per heavy atom. The van der Waals surface area contributed by atoms with E-state index in [1.165, 1.54) is 7.11 Å². The first-order valence-electron chi connectivity index (χ1n) is 3.19. The van der Waals surface area contributed by atoms with Gasteiger partial charge in [0.25, 0.3) is 0 Å². The fourth-order valence-corrected chi connectivity index (χ4v) is 1.26. The van der Waals surface area contributed by atoms with E-state index in [-0.39, 0.29) is 12.0 Å². The Kier molecular flexibility index (Phi) is 6.80. The van der Waals surface area contributed by atoms with Gasteiger partial charge in [0.05, 0.1) is 7.11 Å². The molecule has 0 saturated heterocycles. The van der Waals surface area contributed by atoms with E-state index in [1.54, 1.807) is 11.8 Å². The van der Waals surface area contributed by atoms with Crippen molar-refractivity contribution in [1.29, 1.82) is 0 Å². The van der Waals surface area contributed by atoms with Crippen LogP contribution in [0, 0.1) is 0 Å². The minimum atomic E-state index is -0.380. The summed E-state index contributed by atoms with van der Waals surface area (Å²) in [5.74, 6) is 0.577. The van der Waals surface area contributed by atoms with Crippen LogP contribution in [-0.2, 0) is 9.53 Å². The largest absolute Gasteiger partial charge is 0.468 e. The third-order valence-electron chi connectivity index (χ3n) is 1.23. The van der Waals surface area contributed by atoms with Crippen LogP contribution in [0.4, 0.5) is 0 Å². The maximum absolute atomic E-state index is 10.9. The summed E-state index contributed by atoms with van der Waals surface area (Å²) in [6.45, 7) is 0. The molecule has 0 aliphatic rings. The number of hydrogen-bond donors (Lipinski definition) is 1. The topological polar surface area (TPSA) is 38.3 Å². The molecule has 1 N–H and O–H groups in total. The molecule has 0 aliphatic heterocycles. The number of ether oxygens (including phenoxy) is 1. The number of rotatable bonds is 5. The van der Waals surface area contributed by atoms with E-state index in [0.29, 0.717) is 6.42 Å². The van der Waals surface area contributed by atoms with Gasteiger partial charge in [-0.05, 0) is 30.2 Å². The lowest BCUT2D eigenvalue weighted by atomic mass is 10.2. The average molecular weight is 198 g/mol. The minimum Gasteiger partial charge on any atom is -0.468 e. The van der Waals surface area contributed by atoms with Crippen LogP contribution in [0.1, 0.15) is 6.42 Å². The minimum absolute atomic E-state index is 0.311. The second-order valence-electron chi connectivity index (χ2n) is 1.97. The van der Waals surface area contributed by atoms with Crippen LogP contribution in [0.15, 0.2) is 0 Å². The normalized spacial score (nSPS) is 12.6. The highest BCUT2D eigenvalue weighted by molar-refractivity contribution is 7.98. The van der Waals surface area contributed by atoms with Crippen molar-refractivity contribution in [2.24, 2.45) is 0 Å². The molecule has 0 aromatic rings. The number of hydrogen-bond acceptors (Lipinski definition) is 4. The van der Waals surface area contributed by atoms with Crippen molar-refractivity contribution in [1.82, 2.24) is 4.84 Å². The number of nitrogens with one attached hydrogen (secondary N) is 1. The number of methoxy groups -OCH3 is 1. The van der Waals surface area contributed by atoms with Gasteiger partial charge in [-0.3, -0.25) is 4.79 Å². The van der Waals surface area contributed by atoms with Gasteiger partial charge in [-0.15, -0.1) is 0 Å². The fourth-order valence-electron chi connectivity index (χ4n) is 0.595. The molecule has 0 amide bonds. The van der Waals surface area contributed by atoms with Crippen LogP contribution in [0.2, 0.25) is 0 Å². The van der Waals surface area contributed by atoms with Crippen molar-refractivity contribution < 1.29 is 9.53 Å². The van der Waals surface area contributed by atoms with Crippen LogP contribution in [-0.4, -0.2) is 31.1 Å². The highest BCUT2D eigenvalue weighted by Crippen LogP contribution is 2.02. The monoisotopic (exact) mass is 197 g/mol. The molecule has 66 valence electrons. The molecular formula is C6H12ClNO2S. The van der Waals surface area contributed by atoms with E-state index in [9.17, 15) is 4.79 Å². The highest BCUT2D eigenvalue weighted by atomic mass is 35.5. The smallest absolute Gasteiger partial charge is 0.324 e. The number of halogens is 1. The van der Waals surface area contributed by atoms with Gasteiger partial charge < -0.3 is 4.74 Å². The Hall–Kier alpha value is 0.0700. The predicted molar refractivity (Wildman–Crippen MR) is 47.8 cm³/mol. The van der Waals surface area contributed by atoms with Gasteiger partial charge in [0, 0.05) is 0 Å². The number of thioether (sulfide) groups is 1. The van der Waals surface area contributed by atoms with Gasteiger partial charge in [-0.2, -0.15) is 11.8 Å². The summed E-state index contributed by atoms with van der Waals surface area (Å²) in [4.78, 5) is 13.2. The Balaban J connectivity index is 3.65. The van der Waals surface area contributed by atoms with Crippen molar-refractivity contribution in [3.8, 4) is 0 Å². The van der Waals surface area contributed by atoms with Crippen molar-refractivity contribution in [3.05, 3.63) is 0 Å². The molecule has 0 heterocycles. The van der Waals surface area contributed by atoms with Crippen molar-refractivity contribution in [2.75, 3.05) is 19.1 Å². The van der Waals surface area contributed by atoms with E-state index >= 15 is 0 Å². The van der Waals surface area contributed by atoms with E-state index in [0.717, 1.165) is 5.75 Å². The zero-order chi connectivity index (χ0) is 8.69. The van der Waals surface area contributed by atoms with Gasteiger partial charge in [0.2, 0.25) is 0 Å². The second kappa shape index (κ2) is 6.76. The maximum atomic E-state index is 10.9. The Bertz CT molecular complexity index is 123. The van der Waals surface area contributed by atoms with Crippen LogP contribution < -0.4 is 4.84 Å². The highest BCUT2D eigenvalue weighted by Gasteiger charge is 2.16. The van der Waals surface area contributed by atoms with E-state index in [2.05, 4.69) is 9.57 Å². The zero-order valence-electron chi connectivity index (χ0n) is 6.59. The fraction of sp³-hybridized carbons (Fsp3) is 0.833. The summed E-state index contributed by atoms with van der Waals surface area (Å²) in [5, 5.41) is 0.